The lowest BCUT2D eigenvalue weighted by Gasteiger charge is -2.17. The largest absolute Gasteiger partial charge is 0.493 e. The van der Waals surface area contributed by atoms with Crippen LogP contribution in [-0.2, 0) is 0 Å². The highest BCUT2D eigenvalue weighted by molar-refractivity contribution is 5.41. The Morgan fingerprint density at radius 2 is 2.10 bits per heavy atom. The molecule has 1 aliphatic rings. The third kappa shape index (κ3) is 2.88. The number of ether oxygens (including phenoxy) is 2. The molecule has 0 aliphatic carbocycles. The average Bonchev–Trinajstić information content (AvgIpc) is 2.88. The summed E-state index contributed by atoms with van der Waals surface area (Å²) < 4.78 is 11.8. The molecule has 0 saturated heterocycles. The zero-order chi connectivity index (χ0) is 14.8. The molecule has 0 fully saturated rings. The zero-order valence-corrected chi connectivity index (χ0v) is 12.5. The first kappa shape index (κ1) is 14.0. The summed E-state index contributed by atoms with van der Waals surface area (Å²) in [4.78, 5) is 0. The molecular weight excluding hydrogens is 262 g/mol. The molecule has 3 nitrogen and oxygen atoms in total. The van der Waals surface area contributed by atoms with Gasteiger partial charge >= 0.3 is 0 Å². The van der Waals surface area contributed by atoms with E-state index in [-0.39, 0.29) is 12.0 Å². The Balaban J connectivity index is 1.76. The maximum atomic E-state index is 6.06. The fourth-order valence-corrected chi connectivity index (χ4v) is 2.70. The molecule has 0 radical (unpaired) electrons. The van der Waals surface area contributed by atoms with Gasteiger partial charge in [0.15, 0.2) is 0 Å². The molecule has 1 unspecified atom stereocenters. The molecule has 0 saturated carbocycles. The topological polar surface area (TPSA) is 44.5 Å². The Kier molecular flexibility index (Phi) is 3.84. The van der Waals surface area contributed by atoms with Gasteiger partial charge in [0.2, 0.25) is 0 Å². The quantitative estimate of drug-likeness (QED) is 0.933. The zero-order valence-electron chi connectivity index (χ0n) is 12.5. The van der Waals surface area contributed by atoms with Crippen LogP contribution in [0.5, 0.6) is 11.5 Å². The van der Waals surface area contributed by atoms with Crippen LogP contribution in [0.3, 0.4) is 0 Å². The summed E-state index contributed by atoms with van der Waals surface area (Å²) in [6.45, 7) is 5.33. The molecule has 110 valence electrons. The van der Waals surface area contributed by atoms with Crippen molar-refractivity contribution in [3.63, 3.8) is 0 Å². The molecule has 0 aromatic heterocycles. The van der Waals surface area contributed by atoms with E-state index in [1.807, 2.05) is 25.1 Å². The lowest BCUT2D eigenvalue weighted by atomic mass is 10.0. The normalized spacial score (nSPS) is 18.0. The van der Waals surface area contributed by atoms with E-state index >= 15 is 0 Å². The van der Waals surface area contributed by atoms with E-state index < -0.39 is 0 Å². The molecular formula is C18H21NO2. The molecule has 21 heavy (non-hydrogen) atoms. The average molecular weight is 283 g/mol. The van der Waals surface area contributed by atoms with Crippen molar-refractivity contribution < 1.29 is 9.47 Å². The van der Waals surface area contributed by atoms with Gasteiger partial charge in [0.25, 0.3) is 0 Å². The number of rotatable bonds is 4. The summed E-state index contributed by atoms with van der Waals surface area (Å²) in [5.74, 6) is 2.14. The lowest BCUT2D eigenvalue weighted by molar-refractivity contribution is 0.246. The van der Waals surface area contributed by atoms with Crippen LogP contribution >= 0.6 is 0 Å². The smallest absolute Gasteiger partial charge is 0.124 e. The Labute approximate surface area is 125 Å². The molecule has 2 N–H and O–H groups in total. The minimum atomic E-state index is -0.0345. The van der Waals surface area contributed by atoms with Gasteiger partial charge in [-0.2, -0.15) is 0 Å². The number of para-hydroxylation sites is 1. The second-order valence-corrected chi connectivity index (χ2v) is 5.69. The summed E-state index contributed by atoms with van der Waals surface area (Å²) in [6.07, 6.45) is 0. The first-order valence-electron chi connectivity index (χ1n) is 7.36. The van der Waals surface area contributed by atoms with Gasteiger partial charge in [0.1, 0.15) is 11.5 Å². The summed E-state index contributed by atoms with van der Waals surface area (Å²) >= 11 is 0. The predicted molar refractivity (Wildman–Crippen MR) is 84.0 cm³/mol. The number of aryl methyl sites for hydroxylation is 1. The summed E-state index contributed by atoms with van der Waals surface area (Å²) in [5.41, 5.74) is 9.48. The Morgan fingerprint density at radius 3 is 2.90 bits per heavy atom. The molecule has 3 rings (SSSR count). The minimum Gasteiger partial charge on any atom is -0.493 e. The van der Waals surface area contributed by atoms with E-state index in [0.717, 1.165) is 17.1 Å². The van der Waals surface area contributed by atoms with E-state index in [1.54, 1.807) is 0 Å². The van der Waals surface area contributed by atoms with E-state index in [4.69, 9.17) is 15.2 Å². The molecule has 2 aromatic rings. The molecule has 0 spiro atoms. The van der Waals surface area contributed by atoms with Gasteiger partial charge in [0, 0.05) is 17.2 Å². The van der Waals surface area contributed by atoms with E-state index in [2.05, 4.69) is 31.2 Å². The van der Waals surface area contributed by atoms with Crippen LogP contribution in [-0.4, -0.2) is 13.2 Å². The monoisotopic (exact) mass is 283 g/mol. The van der Waals surface area contributed by atoms with Crippen LogP contribution in [0.2, 0.25) is 0 Å². The second-order valence-electron chi connectivity index (χ2n) is 5.69. The molecule has 3 heteroatoms. The summed E-state index contributed by atoms with van der Waals surface area (Å²) in [6, 6.07) is 14.3. The standard InChI is InChI=1S/C18H21NO2/c1-12-7-8-15(13(2)19)18(9-12)21-11-14-10-20-17-6-4-3-5-16(14)17/h3-9,13-14H,10-11,19H2,1-2H3/t13-,14?/m1/s1. The van der Waals surface area contributed by atoms with Crippen LogP contribution in [0.4, 0.5) is 0 Å². The highest BCUT2D eigenvalue weighted by atomic mass is 16.5. The van der Waals surface area contributed by atoms with Gasteiger partial charge in [0.05, 0.1) is 19.1 Å². The van der Waals surface area contributed by atoms with Crippen molar-refractivity contribution in [1.82, 2.24) is 0 Å². The SMILES string of the molecule is Cc1ccc([C@@H](C)N)c(OCC2COc3ccccc32)c1. The molecule has 0 amide bonds. The highest BCUT2D eigenvalue weighted by Crippen LogP contribution is 2.34. The van der Waals surface area contributed by atoms with Crippen LogP contribution in [0.15, 0.2) is 42.5 Å². The second kappa shape index (κ2) is 5.78. The van der Waals surface area contributed by atoms with Crippen molar-refractivity contribution in [1.29, 1.82) is 0 Å². The van der Waals surface area contributed by atoms with Gasteiger partial charge in [-0.25, -0.2) is 0 Å². The first-order valence-corrected chi connectivity index (χ1v) is 7.36. The first-order chi connectivity index (χ1) is 10.1. The van der Waals surface area contributed by atoms with Gasteiger partial charge in [-0.15, -0.1) is 0 Å². The third-order valence-corrected chi connectivity index (χ3v) is 3.90. The number of nitrogens with two attached hydrogens (primary N) is 1. The van der Waals surface area contributed by atoms with Crippen molar-refractivity contribution >= 4 is 0 Å². The molecule has 2 aromatic carbocycles. The van der Waals surface area contributed by atoms with Gasteiger partial charge < -0.3 is 15.2 Å². The fourth-order valence-electron chi connectivity index (χ4n) is 2.70. The number of hydrogen-bond donors (Lipinski definition) is 1. The highest BCUT2D eigenvalue weighted by Gasteiger charge is 2.24. The maximum absolute atomic E-state index is 6.06. The Bertz CT molecular complexity index is 637. The van der Waals surface area contributed by atoms with Crippen LogP contribution < -0.4 is 15.2 Å². The van der Waals surface area contributed by atoms with Crippen molar-refractivity contribution in [3.8, 4) is 11.5 Å². The number of benzene rings is 2. The van der Waals surface area contributed by atoms with Crippen LogP contribution in [0.25, 0.3) is 0 Å². The molecule has 1 heterocycles. The van der Waals surface area contributed by atoms with E-state index in [9.17, 15) is 0 Å². The van der Waals surface area contributed by atoms with Crippen LogP contribution in [0, 0.1) is 6.92 Å². The fraction of sp³-hybridized carbons (Fsp3) is 0.333. The van der Waals surface area contributed by atoms with Gasteiger partial charge in [-0.1, -0.05) is 30.3 Å². The summed E-state index contributed by atoms with van der Waals surface area (Å²) in [7, 11) is 0. The van der Waals surface area contributed by atoms with E-state index in [0.29, 0.717) is 13.2 Å². The van der Waals surface area contributed by atoms with E-state index in [1.165, 1.54) is 11.1 Å². The Morgan fingerprint density at radius 1 is 1.29 bits per heavy atom. The van der Waals surface area contributed by atoms with Crippen molar-refractivity contribution in [2.45, 2.75) is 25.8 Å². The molecule has 2 atom stereocenters. The minimum absolute atomic E-state index is 0.0345. The lowest BCUT2D eigenvalue weighted by Crippen LogP contribution is -2.14. The van der Waals surface area contributed by atoms with Gasteiger partial charge in [-0.3, -0.25) is 0 Å². The Hall–Kier alpha value is -2.00. The summed E-state index contributed by atoms with van der Waals surface area (Å²) in [5, 5.41) is 0. The van der Waals surface area contributed by atoms with Crippen LogP contribution in [0.1, 0.15) is 35.6 Å². The van der Waals surface area contributed by atoms with Crippen molar-refractivity contribution in [3.05, 3.63) is 59.2 Å². The third-order valence-electron chi connectivity index (χ3n) is 3.90. The molecule has 1 aliphatic heterocycles. The maximum Gasteiger partial charge on any atom is 0.124 e. The molecule has 0 bridgehead atoms. The number of fused-ring (bicyclic) bond motifs is 1. The van der Waals surface area contributed by atoms with Gasteiger partial charge in [-0.05, 0) is 31.5 Å². The predicted octanol–water partition coefficient (Wildman–Crippen LogP) is 3.57. The van der Waals surface area contributed by atoms with Crippen molar-refractivity contribution in [2.75, 3.05) is 13.2 Å². The van der Waals surface area contributed by atoms with Crippen molar-refractivity contribution in [2.24, 2.45) is 5.73 Å². The number of hydrogen-bond acceptors (Lipinski definition) is 3.